The topological polar surface area (TPSA) is 64.4 Å². The molecule has 0 aliphatic heterocycles. The van der Waals surface area contributed by atoms with Crippen molar-refractivity contribution in [3.63, 3.8) is 0 Å². The maximum Gasteiger partial charge on any atom is 0.261 e. The molecule has 0 unspecified atom stereocenters. The first kappa shape index (κ1) is 19.3. The number of fused-ring (bicyclic) bond motifs is 1. The molecule has 0 radical (unpaired) electrons. The van der Waals surface area contributed by atoms with Gasteiger partial charge in [0.1, 0.15) is 0 Å². The summed E-state index contributed by atoms with van der Waals surface area (Å²) in [5.41, 5.74) is 1.73. The van der Waals surface area contributed by atoms with Gasteiger partial charge in [0.15, 0.2) is 0 Å². The molecule has 0 fully saturated rings. The van der Waals surface area contributed by atoms with Crippen LogP contribution in [0.1, 0.15) is 16.9 Å². The maximum atomic E-state index is 12.8. The van der Waals surface area contributed by atoms with Gasteiger partial charge >= 0.3 is 0 Å². The van der Waals surface area contributed by atoms with Crippen LogP contribution in [0.25, 0.3) is 10.9 Å². The Morgan fingerprint density at radius 3 is 2.85 bits per heavy atom. The molecule has 142 valence electrons. The van der Waals surface area contributed by atoms with Crippen molar-refractivity contribution in [1.29, 1.82) is 0 Å². The number of aryl methyl sites for hydroxylation is 2. The fourth-order valence-corrected chi connectivity index (χ4v) is 3.79. The van der Waals surface area contributed by atoms with Gasteiger partial charge in [-0.1, -0.05) is 12.1 Å². The van der Waals surface area contributed by atoms with Crippen LogP contribution in [0.5, 0.6) is 0 Å². The Balaban J connectivity index is 1.71. The highest BCUT2D eigenvalue weighted by molar-refractivity contribution is 7.10. The van der Waals surface area contributed by atoms with E-state index in [0.717, 1.165) is 0 Å². The van der Waals surface area contributed by atoms with Gasteiger partial charge in [-0.15, -0.1) is 11.3 Å². The predicted octanol–water partition coefficient (Wildman–Crippen LogP) is 2.83. The summed E-state index contributed by atoms with van der Waals surface area (Å²) in [5, 5.41) is 2.60. The van der Waals surface area contributed by atoms with Crippen molar-refractivity contribution in [1.82, 2.24) is 14.5 Å². The standard InChI is InChI=1S/C20H23N3O3S/c1-15-8-12-27-18(15)13-22(10-11-26-2)19(24)7-9-23-14-21-17-6-4-3-5-16(17)20(23)25/h3-6,8,12,14H,7,9-11,13H2,1-2H3. The number of hydrogen-bond acceptors (Lipinski definition) is 5. The van der Waals surface area contributed by atoms with Crippen LogP contribution >= 0.6 is 11.3 Å². The summed E-state index contributed by atoms with van der Waals surface area (Å²) < 4.78 is 6.65. The lowest BCUT2D eigenvalue weighted by Gasteiger charge is -2.22. The zero-order valence-electron chi connectivity index (χ0n) is 15.6. The Morgan fingerprint density at radius 1 is 1.30 bits per heavy atom. The lowest BCUT2D eigenvalue weighted by Crippen LogP contribution is -2.34. The molecule has 1 aromatic carbocycles. The predicted molar refractivity (Wildman–Crippen MR) is 107 cm³/mol. The molecule has 0 bridgehead atoms. The largest absolute Gasteiger partial charge is 0.383 e. The molecule has 2 aromatic heterocycles. The van der Waals surface area contributed by atoms with Crippen molar-refractivity contribution in [3.05, 3.63) is 62.8 Å². The van der Waals surface area contributed by atoms with E-state index < -0.39 is 0 Å². The van der Waals surface area contributed by atoms with Crippen LogP contribution in [0.2, 0.25) is 0 Å². The molecule has 0 atom stereocenters. The number of hydrogen-bond donors (Lipinski definition) is 0. The van der Waals surface area contributed by atoms with Gasteiger partial charge in [0.05, 0.1) is 30.4 Å². The summed E-state index contributed by atoms with van der Waals surface area (Å²) in [6.45, 7) is 3.93. The molecule has 3 aromatic rings. The molecule has 1 amide bonds. The van der Waals surface area contributed by atoms with Crippen molar-refractivity contribution in [3.8, 4) is 0 Å². The third-order valence-electron chi connectivity index (χ3n) is 4.52. The van der Waals surface area contributed by atoms with Crippen LogP contribution in [0.15, 0.2) is 46.8 Å². The first-order chi connectivity index (χ1) is 13.1. The molecule has 6 nitrogen and oxygen atoms in total. The number of amides is 1. The van der Waals surface area contributed by atoms with Crippen LogP contribution in [0, 0.1) is 6.92 Å². The van der Waals surface area contributed by atoms with E-state index in [1.807, 2.05) is 30.5 Å². The number of aromatic nitrogens is 2. The average molecular weight is 385 g/mol. The zero-order chi connectivity index (χ0) is 19.2. The summed E-state index contributed by atoms with van der Waals surface area (Å²) in [4.78, 5) is 32.6. The lowest BCUT2D eigenvalue weighted by molar-refractivity contribution is -0.132. The second kappa shape index (κ2) is 8.92. The smallest absolute Gasteiger partial charge is 0.261 e. The Morgan fingerprint density at radius 2 is 2.11 bits per heavy atom. The highest BCUT2D eigenvalue weighted by atomic mass is 32.1. The van der Waals surface area contributed by atoms with Gasteiger partial charge in [-0.25, -0.2) is 4.98 Å². The van der Waals surface area contributed by atoms with Crippen LogP contribution in [-0.4, -0.2) is 40.6 Å². The molecule has 0 saturated heterocycles. The van der Waals surface area contributed by atoms with Crippen LogP contribution < -0.4 is 5.56 Å². The minimum Gasteiger partial charge on any atom is -0.383 e. The molecule has 0 N–H and O–H groups in total. The minimum atomic E-state index is -0.119. The second-order valence-corrected chi connectivity index (χ2v) is 7.35. The molecule has 0 spiro atoms. The number of nitrogens with zero attached hydrogens (tertiary/aromatic N) is 3. The van der Waals surface area contributed by atoms with E-state index in [0.29, 0.717) is 37.1 Å². The Hall–Kier alpha value is -2.51. The monoisotopic (exact) mass is 385 g/mol. The van der Waals surface area contributed by atoms with E-state index in [1.165, 1.54) is 21.3 Å². The van der Waals surface area contributed by atoms with Gasteiger partial charge in [-0.2, -0.15) is 0 Å². The summed E-state index contributed by atoms with van der Waals surface area (Å²) >= 11 is 1.65. The van der Waals surface area contributed by atoms with Crippen molar-refractivity contribution in [2.45, 2.75) is 26.4 Å². The maximum absolute atomic E-state index is 12.8. The summed E-state index contributed by atoms with van der Waals surface area (Å²) in [7, 11) is 1.62. The zero-order valence-corrected chi connectivity index (χ0v) is 16.4. The third-order valence-corrected chi connectivity index (χ3v) is 5.53. The van der Waals surface area contributed by atoms with Crippen LogP contribution in [0.4, 0.5) is 0 Å². The van der Waals surface area contributed by atoms with Crippen molar-refractivity contribution in [2.24, 2.45) is 0 Å². The molecule has 0 saturated carbocycles. The Bertz CT molecular complexity index is 980. The average Bonchev–Trinajstić information content (AvgIpc) is 3.09. The number of ether oxygens (including phenoxy) is 1. The number of thiophene rings is 1. The minimum absolute atomic E-state index is 0.0000846. The van der Waals surface area contributed by atoms with Gasteiger partial charge in [0.2, 0.25) is 5.91 Å². The van der Waals surface area contributed by atoms with E-state index in [1.54, 1.807) is 29.4 Å². The SMILES string of the molecule is COCCN(Cc1sccc1C)C(=O)CCn1cnc2ccccc2c1=O. The van der Waals surface area contributed by atoms with Crippen LogP contribution in [0.3, 0.4) is 0 Å². The summed E-state index contributed by atoms with van der Waals surface area (Å²) in [5.74, 6) is -0.0000846. The summed E-state index contributed by atoms with van der Waals surface area (Å²) in [6, 6.07) is 9.29. The first-order valence-corrected chi connectivity index (χ1v) is 9.72. The molecule has 7 heteroatoms. The van der Waals surface area contributed by atoms with E-state index in [-0.39, 0.29) is 17.9 Å². The number of carbonyl (C=O) groups is 1. The molecule has 3 rings (SSSR count). The van der Waals surface area contributed by atoms with Crippen molar-refractivity contribution < 1.29 is 9.53 Å². The van der Waals surface area contributed by atoms with E-state index in [2.05, 4.69) is 11.1 Å². The van der Waals surface area contributed by atoms with Gasteiger partial charge in [0.25, 0.3) is 5.56 Å². The normalized spacial score (nSPS) is 11.0. The van der Waals surface area contributed by atoms with Crippen molar-refractivity contribution in [2.75, 3.05) is 20.3 Å². The second-order valence-electron chi connectivity index (χ2n) is 6.35. The number of methoxy groups -OCH3 is 1. The number of benzene rings is 1. The Labute approximate surface area is 162 Å². The molecule has 0 aliphatic rings. The Kier molecular flexibility index (Phi) is 6.36. The van der Waals surface area contributed by atoms with Gasteiger partial charge in [-0.05, 0) is 36.1 Å². The first-order valence-electron chi connectivity index (χ1n) is 8.84. The fraction of sp³-hybridized carbons (Fsp3) is 0.350. The van der Waals surface area contributed by atoms with Crippen LogP contribution in [-0.2, 0) is 22.6 Å². The molecule has 27 heavy (non-hydrogen) atoms. The lowest BCUT2D eigenvalue weighted by atomic mass is 10.2. The van der Waals surface area contributed by atoms with E-state index in [4.69, 9.17) is 4.74 Å². The third kappa shape index (κ3) is 4.61. The molecule has 2 heterocycles. The van der Waals surface area contributed by atoms with E-state index in [9.17, 15) is 9.59 Å². The van der Waals surface area contributed by atoms with Gasteiger partial charge in [-0.3, -0.25) is 14.2 Å². The van der Waals surface area contributed by atoms with Crippen molar-refractivity contribution >= 4 is 28.1 Å². The quantitative estimate of drug-likeness (QED) is 0.598. The highest BCUT2D eigenvalue weighted by Gasteiger charge is 2.16. The van der Waals surface area contributed by atoms with E-state index >= 15 is 0 Å². The molecular weight excluding hydrogens is 362 g/mol. The number of carbonyl (C=O) groups excluding carboxylic acids is 1. The van der Waals surface area contributed by atoms with Gasteiger partial charge < -0.3 is 9.64 Å². The molecular formula is C20H23N3O3S. The summed E-state index contributed by atoms with van der Waals surface area (Å²) in [6.07, 6.45) is 1.76. The molecule has 0 aliphatic carbocycles. The highest BCUT2D eigenvalue weighted by Crippen LogP contribution is 2.18. The number of para-hydroxylation sites is 1. The number of rotatable bonds is 8. The van der Waals surface area contributed by atoms with Gasteiger partial charge in [0, 0.05) is 31.5 Å². The fourth-order valence-electron chi connectivity index (χ4n) is 2.87.